The Balaban J connectivity index is 2.67. The number of aryl methyl sites for hydroxylation is 1. The fourth-order valence-electron chi connectivity index (χ4n) is 1.45. The summed E-state index contributed by atoms with van der Waals surface area (Å²) in [6, 6.07) is 2.34. The Kier molecular flexibility index (Phi) is 2.12. The summed E-state index contributed by atoms with van der Waals surface area (Å²) >= 11 is 0. The van der Waals surface area contributed by atoms with E-state index in [0.29, 0.717) is 17.0 Å². The zero-order valence-electron chi connectivity index (χ0n) is 8.08. The lowest BCUT2D eigenvalue weighted by Gasteiger charge is -2.02. The maximum atomic E-state index is 10.8. The summed E-state index contributed by atoms with van der Waals surface area (Å²) < 4.78 is 1.57. The molecule has 0 saturated heterocycles. The van der Waals surface area contributed by atoms with Crippen LogP contribution in [0.15, 0.2) is 18.3 Å². The molecule has 6 nitrogen and oxygen atoms in total. The third-order valence-corrected chi connectivity index (χ3v) is 2.16. The van der Waals surface area contributed by atoms with Crippen LogP contribution in [0.3, 0.4) is 0 Å². The Morgan fingerprint density at radius 3 is 3.07 bits per heavy atom. The van der Waals surface area contributed by atoms with E-state index < -0.39 is 12.0 Å². The molecule has 0 amide bonds. The Bertz CT molecular complexity index is 520. The van der Waals surface area contributed by atoms with Crippen LogP contribution >= 0.6 is 0 Å². The number of hydrogen-bond donors (Lipinski definition) is 2. The summed E-state index contributed by atoms with van der Waals surface area (Å²) in [6.07, 6.45) is 1.61. The van der Waals surface area contributed by atoms with Crippen LogP contribution in [0.4, 0.5) is 0 Å². The van der Waals surface area contributed by atoms with Crippen molar-refractivity contribution in [2.24, 2.45) is 5.73 Å². The van der Waals surface area contributed by atoms with Crippen molar-refractivity contribution in [1.29, 1.82) is 0 Å². The second-order valence-corrected chi connectivity index (χ2v) is 3.18. The number of carboxylic acids is 1. The number of hydrogen-bond acceptors (Lipinski definition) is 4. The number of rotatable bonds is 2. The monoisotopic (exact) mass is 206 g/mol. The molecule has 0 fully saturated rings. The highest BCUT2D eigenvalue weighted by atomic mass is 16.4. The Hall–Kier alpha value is -1.95. The highest BCUT2D eigenvalue weighted by Gasteiger charge is 2.21. The van der Waals surface area contributed by atoms with Gasteiger partial charge in [0, 0.05) is 6.20 Å². The van der Waals surface area contributed by atoms with Crippen LogP contribution < -0.4 is 5.73 Å². The molecular formula is C9H10N4O2. The molecule has 0 bridgehead atoms. The molecule has 6 heteroatoms. The van der Waals surface area contributed by atoms with Gasteiger partial charge in [-0.1, -0.05) is 0 Å². The molecule has 78 valence electrons. The number of carbonyl (C=O) groups is 1. The number of aliphatic carboxylic acids is 1. The van der Waals surface area contributed by atoms with E-state index in [1.54, 1.807) is 29.8 Å². The third-order valence-electron chi connectivity index (χ3n) is 2.16. The van der Waals surface area contributed by atoms with Gasteiger partial charge in [-0.15, -0.1) is 0 Å². The lowest BCUT2D eigenvalue weighted by molar-refractivity contribution is -0.138. The van der Waals surface area contributed by atoms with Crippen molar-refractivity contribution in [3.63, 3.8) is 0 Å². The van der Waals surface area contributed by atoms with E-state index in [2.05, 4.69) is 10.1 Å². The average molecular weight is 206 g/mol. The number of carboxylic acid groups (broad SMARTS) is 1. The van der Waals surface area contributed by atoms with E-state index >= 15 is 0 Å². The predicted octanol–water partition coefficient (Wildman–Crippen LogP) is 0.122. The highest BCUT2D eigenvalue weighted by Crippen LogP contribution is 2.16. The SMILES string of the molecule is Cc1nc(C(N)C(=O)O)c2cccnn12. The van der Waals surface area contributed by atoms with Crippen molar-refractivity contribution in [3.8, 4) is 0 Å². The molecule has 1 unspecified atom stereocenters. The van der Waals surface area contributed by atoms with Crippen LogP contribution in [-0.4, -0.2) is 25.7 Å². The smallest absolute Gasteiger partial charge is 0.326 e. The van der Waals surface area contributed by atoms with Crippen LogP contribution in [-0.2, 0) is 4.79 Å². The van der Waals surface area contributed by atoms with E-state index in [9.17, 15) is 4.79 Å². The first kappa shape index (κ1) is 9.60. The number of fused-ring (bicyclic) bond motifs is 1. The van der Waals surface area contributed by atoms with Crippen LogP contribution in [0, 0.1) is 6.92 Å². The van der Waals surface area contributed by atoms with E-state index in [0.717, 1.165) is 0 Å². The molecule has 2 aromatic heterocycles. The fourth-order valence-corrected chi connectivity index (χ4v) is 1.45. The Labute approximate surface area is 85.3 Å². The first-order chi connectivity index (χ1) is 7.11. The van der Waals surface area contributed by atoms with Crippen LogP contribution in [0.1, 0.15) is 17.6 Å². The molecule has 2 aromatic rings. The number of imidazole rings is 1. The minimum atomic E-state index is -1.11. The maximum Gasteiger partial charge on any atom is 0.326 e. The number of nitrogens with two attached hydrogens (primary N) is 1. The standard InChI is InChI=1S/C9H10N4O2/c1-5-12-8(7(10)9(14)15)6-3-2-4-11-13(5)6/h2-4,7H,10H2,1H3,(H,14,15). The van der Waals surface area contributed by atoms with Gasteiger partial charge in [0.1, 0.15) is 11.9 Å². The summed E-state index contributed by atoms with van der Waals surface area (Å²) in [7, 11) is 0. The minimum absolute atomic E-state index is 0.341. The Morgan fingerprint density at radius 1 is 1.67 bits per heavy atom. The molecule has 2 rings (SSSR count). The van der Waals surface area contributed by atoms with Crippen molar-refractivity contribution in [1.82, 2.24) is 14.6 Å². The summed E-state index contributed by atoms with van der Waals surface area (Å²) in [5.41, 5.74) is 6.48. The lowest BCUT2D eigenvalue weighted by atomic mass is 10.2. The van der Waals surface area contributed by atoms with Gasteiger partial charge in [-0.05, 0) is 19.1 Å². The number of aromatic nitrogens is 3. The third kappa shape index (κ3) is 1.44. The topological polar surface area (TPSA) is 93.5 Å². The van der Waals surface area contributed by atoms with Crippen LogP contribution in [0.5, 0.6) is 0 Å². The van der Waals surface area contributed by atoms with Gasteiger partial charge in [-0.3, -0.25) is 4.79 Å². The first-order valence-corrected chi connectivity index (χ1v) is 4.40. The second kappa shape index (κ2) is 3.32. The molecule has 0 aliphatic carbocycles. The minimum Gasteiger partial charge on any atom is -0.480 e. The predicted molar refractivity (Wildman–Crippen MR) is 52.3 cm³/mol. The average Bonchev–Trinajstić information content (AvgIpc) is 2.56. The van der Waals surface area contributed by atoms with Gasteiger partial charge < -0.3 is 10.8 Å². The zero-order valence-corrected chi connectivity index (χ0v) is 8.08. The van der Waals surface area contributed by atoms with Crippen molar-refractivity contribution in [2.75, 3.05) is 0 Å². The molecule has 3 N–H and O–H groups in total. The van der Waals surface area contributed by atoms with Crippen molar-refractivity contribution in [3.05, 3.63) is 29.8 Å². The molecule has 1 atom stereocenters. The maximum absolute atomic E-state index is 10.8. The molecular weight excluding hydrogens is 196 g/mol. The van der Waals surface area contributed by atoms with E-state index in [1.807, 2.05) is 0 Å². The van der Waals surface area contributed by atoms with Crippen molar-refractivity contribution < 1.29 is 9.90 Å². The quantitative estimate of drug-likeness (QED) is 0.728. The molecule has 0 aromatic carbocycles. The second-order valence-electron chi connectivity index (χ2n) is 3.18. The van der Waals surface area contributed by atoms with E-state index in [1.165, 1.54) is 0 Å². The van der Waals surface area contributed by atoms with Gasteiger partial charge in [0.15, 0.2) is 0 Å². The lowest BCUT2D eigenvalue weighted by Crippen LogP contribution is -2.21. The van der Waals surface area contributed by atoms with Crippen molar-refractivity contribution >= 4 is 11.5 Å². The molecule has 0 aliphatic heterocycles. The van der Waals surface area contributed by atoms with Crippen LogP contribution in [0.25, 0.3) is 5.52 Å². The summed E-state index contributed by atoms with van der Waals surface area (Å²) in [5, 5.41) is 12.9. The summed E-state index contributed by atoms with van der Waals surface area (Å²) in [4.78, 5) is 14.9. The van der Waals surface area contributed by atoms with E-state index in [-0.39, 0.29) is 0 Å². The molecule has 0 radical (unpaired) electrons. The largest absolute Gasteiger partial charge is 0.480 e. The van der Waals surface area contributed by atoms with Crippen LogP contribution in [0.2, 0.25) is 0 Å². The molecule has 15 heavy (non-hydrogen) atoms. The van der Waals surface area contributed by atoms with Gasteiger partial charge in [-0.2, -0.15) is 5.10 Å². The normalized spacial score (nSPS) is 12.9. The first-order valence-electron chi connectivity index (χ1n) is 4.40. The summed E-state index contributed by atoms with van der Waals surface area (Å²) in [6.45, 7) is 1.75. The number of nitrogens with zero attached hydrogens (tertiary/aromatic N) is 3. The van der Waals surface area contributed by atoms with Gasteiger partial charge in [0.25, 0.3) is 0 Å². The highest BCUT2D eigenvalue weighted by molar-refractivity contribution is 5.77. The Morgan fingerprint density at radius 2 is 2.40 bits per heavy atom. The summed E-state index contributed by atoms with van der Waals surface area (Å²) in [5.74, 6) is -0.476. The molecule has 0 saturated carbocycles. The molecule has 0 aliphatic rings. The zero-order chi connectivity index (χ0) is 11.0. The van der Waals surface area contributed by atoms with Gasteiger partial charge >= 0.3 is 5.97 Å². The van der Waals surface area contributed by atoms with E-state index in [4.69, 9.17) is 10.8 Å². The van der Waals surface area contributed by atoms with Gasteiger partial charge in [0.2, 0.25) is 0 Å². The molecule has 2 heterocycles. The fraction of sp³-hybridized carbons (Fsp3) is 0.222. The van der Waals surface area contributed by atoms with Gasteiger partial charge in [-0.25, -0.2) is 9.50 Å². The van der Waals surface area contributed by atoms with Crippen molar-refractivity contribution in [2.45, 2.75) is 13.0 Å². The van der Waals surface area contributed by atoms with Gasteiger partial charge in [0.05, 0.1) is 11.2 Å². The molecule has 0 spiro atoms.